The number of ether oxygens (including phenoxy) is 3. The molecule has 1 aliphatic heterocycles. The number of benzene rings is 3. The second kappa shape index (κ2) is 9.02. The zero-order valence-electron chi connectivity index (χ0n) is 17.1. The highest BCUT2D eigenvalue weighted by atomic mass is 35.5. The molecular weight excluding hydrogens is 470 g/mol. The van der Waals surface area contributed by atoms with Crippen LogP contribution < -0.4 is 19.9 Å². The Labute approximate surface area is 198 Å². The van der Waals surface area contributed by atoms with Crippen LogP contribution in [0.3, 0.4) is 0 Å². The van der Waals surface area contributed by atoms with Crippen molar-refractivity contribution in [1.82, 2.24) is 0 Å². The number of halogens is 3. The lowest BCUT2D eigenvalue weighted by atomic mass is 9.83. The molecule has 0 fully saturated rings. The lowest BCUT2D eigenvalue weighted by Gasteiger charge is -2.27. The fourth-order valence-corrected chi connectivity index (χ4v) is 4.21. The van der Waals surface area contributed by atoms with Gasteiger partial charge in [-0.1, -0.05) is 47.5 Å². The molecule has 166 valence electrons. The molecule has 0 aromatic heterocycles. The number of nitrogens with two attached hydrogens (primary N) is 1. The van der Waals surface area contributed by atoms with E-state index in [9.17, 15) is 14.4 Å². The average molecular weight is 485 g/mol. The topological polar surface area (TPSA) is 94.6 Å². The van der Waals surface area contributed by atoms with E-state index in [1.807, 2.05) is 6.07 Å². The molecule has 9 heteroatoms. The third kappa shape index (κ3) is 4.19. The molecule has 0 radical (unpaired) electrons. The quantitative estimate of drug-likeness (QED) is 0.383. The Hall–Kier alpha value is -3.73. The maximum absolute atomic E-state index is 14.5. The fourth-order valence-electron chi connectivity index (χ4n) is 3.57. The molecule has 3 aromatic carbocycles. The number of hydrogen-bond donors (Lipinski definition) is 1. The SMILES string of the molecule is COc1c(Cl)cc(C(=O)Oc2ccc3c(c2)OC(N)=C(C#N)C3c2ccccc2F)cc1Cl. The Bertz CT molecular complexity index is 1330. The number of nitriles is 1. The van der Waals surface area contributed by atoms with Crippen LogP contribution in [0.1, 0.15) is 27.4 Å². The van der Waals surface area contributed by atoms with Crippen molar-refractivity contribution in [2.45, 2.75) is 5.92 Å². The molecule has 0 aliphatic carbocycles. The fraction of sp³-hybridized carbons (Fsp3) is 0.0833. The van der Waals surface area contributed by atoms with Crippen LogP contribution in [0.2, 0.25) is 10.0 Å². The minimum absolute atomic E-state index is 0.0832. The van der Waals surface area contributed by atoms with Crippen LogP contribution in [-0.2, 0) is 0 Å². The summed E-state index contributed by atoms with van der Waals surface area (Å²) >= 11 is 12.2. The van der Waals surface area contributed by atoms with Crippen LogP contribution in [0.25, 0.3) is 0 Å². The van der Waals surface area contributed by atoms with E-state index < -0.39 is 17.7 Å². The predicted octanol–water partition coefficient (Wildman–Crippen LogP) is 5.58. The summed E-state index contributed by atoms with van der Waals surface area (Å²) in [6.07, 6.45) is 0. The van der Waals surface area contributed by atoms with Gasteiger partial charge in [-0.25, -0.2) is 9.18 Å². The van der Waals surface area contributed by atoms with Gasteiger partial charge in [0.25, 0.3) is 0 Å². The predicted molar refractivity (Wildman–Crippen MR) is 120 cm³/mol. The first-order valence-corrected chi connectivity index (χ1v) is 10.3. The summed E-state index contributed by atoms with van der Waals surface area (Å²) in [5.41, 5.74) is 6.92. The van der Waals surface area contributed by atoms with Crippen LogP contribution >= 0.6 is 23.2 Å². The van der Waals surface area contributed by atoms with Gasteiger partial charge in [0, 0.05) is 17.2 Å². The number of carbonyl (C=O) groups is 1. The van der Waals surface area contributed by atoms with E-state index in [0.717, 1.165) is 0 Å². The van der Waals surface area contributed by atoms with Gasteiger partial charge in [0.1, 0.15) is 29.0 Å². The van der Waals surface area contributed by atoms with Gasteiger partial charge in [0.05, 0.1) is 28.6 Å². The molecular formula is C24H15Cl2FN2O4. The highest BCUT2D eigenvalue weighted by molar-refractivity contribution is 6.37. The largest absolute Gasteiger partial charge is 0.494 e. The monoisotopic (exact) mass is 484 g/mol. The van der Waals surface area contributed by atoms with Crippen molar-refractivity contribution in [3.05, 3.63) is 98.6 Å². The Kier molecular flexibility index (Phi) is 6.14. The molecule has 0 bridgehead atoms. The third-order valence-corrected chi connectivity index (χ3v) is 5.62. The van der Waals surface area contributed by atoms with E-state index in [1.54, 1.807) is 24.3 Å². The van der Waals surface area contributed by atoms with Gasteiger partial charge in [0.2, 0.25) is 5.88 Å². The maximum Gasteiger partial charge on any atom is 0.343 e. The molecule has 1 unspecified atom stereocenters. The van der Waals surface area contributed by atoms with E-state index in [0.29, 0.717) is 5.56 Å². The zero-order chi connectivity index (χ0) is 23.7. The van der Waals surface area contributed by atoms with Gasteiger partial charge < -0.3 is 19.9 Å². The van der Waals surface area contributed by atoms with Crippen LogP contribution in [0, 0.1) is 17.1 Å². The molecule has 0 spiro atoms. The first kappa shape index (κ1) is 22.5. The minimum atomic E-state index is -0.774. The number of rotatable bonds is 4. The standard InChI is InChI=1S/C24H15Cl2FN2O4/c1-31-22-17(25)8-12(9-18(22)26)24(30)32-13-6-7-15-20(10-13)33-23(29)16(11-28)21(15)14-4-2-3-5-19(14)27/h2-10,21H,29H2,1H3. The summed E-state index contributed by atoms with van der Waals surface area (Å²) in [5, 5.41) is 9.91. The number of carbonyl (C=O) groups excluding carboxylic acids is 1. The van der Waals surface area contributed by atoms with Crippen molar-refractivity contribution in [2.75, 3.05) is 7.11 Å². The van der Waals surface area contributed by atoms with Crippen molar-refractivity contribution in [3.8, 4) is 23.3 Å². The highest BCUT2D eigenvalue weighted by Crippen LogP contribution is 2.44. The smallest absolute Gasteiger partial charge is 0.343 e. The summed E-state index contributed by atoms with van der Waals surface area (Å²) in [6, 6.07) is 15.4. The molecule has 0 saturated heterocycles. The number of hydrogen-bond acceptors (Lipinski definition) is 6. The van der Waals surface area contributed by atoms with E-state index in [-0.39, 0.29) is 49.9 Å². The van der Waals surface area contributed by atoms with Crippen molar-refractivity contribution in [3.63, 3.8) is 0 Å². The van der Waals surface area contributed by atoms with Crippen LogP contribution in [0.4, 0.5) is 4.39 Å². The molecule has 1 atom stereocenters. The number of nitrogens with zero attached hydrogens (tertiary/aromatic N) is 1. The summed E-state index contributed by atoms with van der Waals surface area (Å²) in [4.78, 5) is 12.6. The second-order valence-corrected chi connectivity index (χ2v) is 7.82. The molecule has 6 nitrogen and oxygen atoms in total. The first-order chi connectivity index (χ1) is 15.8. The molecule has 2 N–H and O–H groups in total. The molecule has 4 rings (SSSR count). The third-order valence-electron chi connectivity index (χ3n) is 5.06. The number of fused-ring (bicyclic) bond motifs is 1. The van der Waals surface area contributed by atoms with Gasteiger partial charge >= 0.3 is 5.97 Å². The van der Waals surface area contributed by atoms with Crippen LogP contribution in [0.5, 0.6) is 17.2 Å². The Morgan fingerprint density at radius 3 is 2.45 bits per heavy atom. The maximum atomic E-state index is 14.5. The van der Waals surface area contributed by atoms with E-state index in [2.05, 4.69) is 0 Å². The van der Waals surface area contributed by atoms with Gasteiger partial charge in [-0.15, -0.1) is 0 Å². The number of methoxy groups -OCH3 is 1. The van der Waals surface area contributed by atoms with Gasteiger partial charge in [-0.05, 0) is 24.3 Å². The Balaban J connectivity index is 1.69. The summed E-state index contributed by atoms with van der Waals surface area (Å²) in [7, 11) is 1.41. The normalized spacial score (nSPS) is 14.7. The second-order valence-electron chi connectivity index (χ2n) is 7.01. The van der Waals surface area contributed by atoms with Gasteiger partial charge in [-0.3, -0.25) is 0 Å². The molecule has 3 aromatic rings. The molecule has 0 saturated carbocycles. The van der Waals surface area contributed by atoms with E-state index in [4.69, 9.17) is 43.1 Å². The Morgan fingerprint density at radius 2 is 1.82 bits per heavy atom. The van der Waals surface area contributed by atoms with E-state index in [1.165, 1.54) is 37.4 Å². The van der Waals surface area contributed by atoms with Crippen LogP contribution in [-0.4, -0.2) is 13.1 Å². The summed E-state index contributed by atoms with van der Waals surface area (Å²) in [6.45, 7) is 0. The van der Waals surface area contributed by atoms with Gasteiger partial charge in [0.15, 0.2) is 5.75 Å². The number of esters is 1. The lowest BCUT2D eigenvalue weighted by Crippen LogP contribution is -2.21. The van der Waals surface area contributed by atoms with Crippen molar-refractivity contribution in [1.29, 1.82) is 5.26 Å². The van der Waals surface area contributed by atoms with Crippen molar-refractivity contribution >= 4 is 29.2 Å². The summed E-state index contributed by atoms with van der Waals surface area (Å²) < 4.78 is 30.6. The van der Waals surface area contributed by atoms with E-state index >= 15 is 0 Å². The van der Waals surface area contributed by atoms with Gasteiger partial charge in [-0.2, -0.15) is 5.26 Å². The van der Waals surface area contributed by atoms with Crippen molar-refractivity contribution < 1.29 is 23.4 Å². The highest BCUT2D eigenvalue weighted by Gasteiger charge is 2.32. The average Bonchev–Trinajstić information content (AvgIpc) is 2.78. The lowest BCUT2D eigenvalue weighted by molar-refractivity contribution is 0.0734. The number of allylic oxidation sites excluding steroid dienone is 1. The molecule has 1 aliphatic rings. The van der Waals surface area contributed by atoms with Crippen molar-refractivity contribution in [2.24, 2.45) is 5.73 Å². The summed E-state index contributed by atoms with van der Waals surface area (Å²) in [5.74, 6) is -1.52. The molecule has 1 heterocycles. The van der Waals surface area contributed by atoms with Crippen LogP contribution in [0.15, 0.2) is 66.1 Å². The zero-order valence-corrected chi connectivity index (χ0v) is 18.6. The minimum Gasteiger partial charge on any atom is -0.494 e. The molecule has 0 amide bonds. The Morgan fingerprint density at radius 1 is 1.12 bits per heavy atom. The first-order valence-electron chi connectivity index (χ1n) is 9.55. The molecule has 33 heavy (non-hydrogen) atoms.